The van der Waals surface area contributed by atoms with Gasteiger partial charge >= 0.3 is 12.4 Å². The standard InChI is InChI=1S/C23H23F6N3O2S/c24-22(25,26)19-16(21-17(7-12-34)32(9-2-11-33)10-8-31-21)5-6-18(20(19)23(27,28)29)35-15-4-1-3-14(30)13-15/h1-6,13,17,21,31,34H,7-10,12,30H2. The third kappa shape index (κ3) is 6.39. The summed E-state index contributed by atoms with van der Waals surface area (Å²) in [6.45, 7) is 0.151. The number of benzene rings is 2. The van der Waals surface area contributed by atoms with E-state index in [0.717, 1.165) is 18.2 Å². The minimum atomic E-state index is -5.32. The van der Waals surface area contributed by atoms with Gasteiger partial charge in [0.05, 0.1) is 11.1 Å². The lowest BCUT2D eigenvalue weighted by Crippen LogP contribution is -2.54. The highest BCUT2D eigenvalue weighted by molar-refractivity contribution is 7.99. The third-order valence-corrected chi connectivity index (χ3v) is 6.69. The first-order valence-corrected chi connectivity index (χ1v) is 11.4. The summed E-state index contributed by atoms with van der Waals surface area (Å²) in [6.07, 6.45) is -9.49. The normalized spacial score (nSPS) is 19.4. The second kappa shape index (κ2) is 11.0. The van der Waals surface area contributed by atoms with Gasteiger partial charge in [-0.15, -0.1) is 0 Å². The van der Waals surface area contributed by atoms with Crippen molar-refractivity contribution >= 4 is 23.4 Å². The number of nitrogens with one attached hydrogen (secondary N) is 1. The molecule has 2 aromatic carbocycles. The van der Waals surface area contributed by atoms with E-state index < -0.39 is 52.6 Å². The molecule has 12 heteroatoms. The Morgan fingerprint density at radius 2 is 1.86 bits per heavy atom. The van der Waals surface area contributed by atoms with Gasteiger partial charge in [0.1, 0.15) is 5.94 Å². The van der Waals surface area contributed by atoms with Crippen LogP contribution >= 0.6 is 11.8 Å². The van der Waals surface area contributed by atoms with Gasteiger partial charge in [-0.1, -0.05) is 23.9 Å². The number of alkyl halides is 6. The summed E-state index contributed by atoms with van der Waals surface area (Å²) in [4.78, 5) is 12.0. The Morgan fingerprint density at radius 3 is 2.46 bits per heavy atom. The molecule has 1 aliphatic heterocycles. The molecule has 3 rings (SSSR count). The molecule has 0 aromatic heterocycles. The van der Waals surface area contributed by atoms with Crippen molar-refractivity contribution in [2.45, 2.75) is 40.6 Å². The number of nitrogens with two attached hydrogens (primary N) is 1. The molecule has 1 saturated heterocycles. The molecule has 0 spiro atoms. The number of aliphatic hydroxyl groups excluding tert-OH is 1. The van der Waals surface area contributed by atoms with E-state index in [4.69, 9.17) is 5.73 Å². The summed E-state index contributed by atoms with van der Waals surface area (Å²) in [7, 11) is 0. The number of hydrogen-bond donors (Lipinski definition) is 3. The number of halogens is 6. The Morgan fingerprint density at radius 1 is 1.14 bits per heavy atom. The van der Waals surface area contributed by atoms with Gasteiger partial charge in [0, 0.05) is 59.9 Å². The van der Waals surface area contributed by atoms with Gasteiger partial charge in [0.15, 0.2) is 0 Å². The Kier molecular flexibility index (Phi) is 8.55. The molecule has 4 N–H and O–H groups in total. The van der Waals surface area contributed by atoms with Crippen molar-refractivity contribution < 1.29 is 36.2 Å². The number of nitrogens with zero attached hydrogens (tertiary/aromatic N) is 1. The molecule has 190 valence electrons. The molecule has 1 aliphatic rings. The van der Waals surface area contributed by atoms with Crippen LogP contribution < -0.4 is 11.1 Å². The van der Waals surface area contributed by atoms with Gasteiger partial charge in [-0.2, -0.15) is 26.3 Å². The Bertz CT molecular complexity index is 1090. The largest absolute Gasteiger partial charge is 0.418 e. The molecule has 1 heterocycles. The van der Waals surface area contributed by atoms with E-state index in [9.17, 15) is 36.2 Å². The second-order valence-electron chi connectivity index (χ2n) is 7.90. The average Bonchev–Trinajstić information content (AvgIpc) is 2.77. The zero-order chi connectivity index (χ0) is 25.8. The zero-order valence-corrected chi connectivity index (χ0v) is 19.1. The van der Waals surface area contributed by atoms with Gasteiger partial charge < -0.3 is 16.2 Å². The molecule has 35 heavy (non-hydrogen) atoms. The highest BCUT2D eigenvalue weighted by atomic mass is 32.2. The fourth-order valence-corrected chi connectivity index (χ4v) is 5.34. The minimum absolute atomic E-state index is 0.0111. The van der Waals surface area contributed by atoms with Crippen LogP contribution in [0.25, 0.3) is 0 Å². The van der Waals surface area contributed by atoms with Crippen LogP contribution in [-0.4, -0.2) is 48.2 Å². The fraction of sp³-hybridized carbons (Fsp3) is 0.391. The highest BCUT2D eigenvalue weighted by Crippen LogP contribution is 2.49. The number of piperazine rings is 1. The lowest BCUT2D eigenvalue weighted by Gasteiger charge is -2.42. The predicted molar refractivity (Wildman–Crippen MR) is 119 cm³/mol. The van der Waals surface area contributed by atoms with E-state index >= 15 is 0 Å². The minimum Gasteiger partial charge on any atom is -0.399 e. The van der Waals surface area contributed by atoms with Crippen molar-refractivity contribution in [3.8, 4) is 0 Å². The Labute approximate surface area is 202 Å². The number of hydrogen-bond acceptors (Lipinski definition) is 6. The monoisotopic (exact) mass is 519 g/mol. The lowest BCUT2D eigenvalue weighted by atomic mass is 9.87. The maximum atomic E-state index is 14.3. The van der Waals surface area contributed by atoms with Crippen LogP contribution in [0.1, 0.15) is 29.2 Å². The molecular weight excluding hydrogens is 496 g/mol. The third-order valence-electron chi connectivity index (χ3n) is 5.64. The summed E-state index contributed by atoms with van der Waals surface area (Å²) in [5.74, 6) is 1.59. The van der Waals surface area contributed by atoms with Gasteiger partial charge in [0.2, 0.25) is 0 Å². The average molecular weight is 520 g/mol. The van der Waals surface area contributed by atoms with Gasteiger partial charge in [-0.3, -0.25) is 4.90 Å². The van der Waals surface area contributed by atoms with E-state index in [2.05, 4.69) is 5.32 Å². The number of rotatable bonds is 7. The lowest BCUT2D eigenvalue weighted by molar-refractivity contribution is -0.164. The summed E-state index contributed by atoms with van der Waals surface area (Å²) >= 11 is 0.545. The second-order valence-corrected chi connectivity index (χ2v) is 9.02. The Hall–Kier alpha value is -2.50. The summed E-state index contributed by atoms with van der Waals surface area (Å²) in [5, 5.41) is 12.4. The van der Waals surface area contributed by atoms with Crippen molar-refractivity contribution in [3.63, 3.8) is 0 Å². The van der Waals surface area contributed by atoms with Crippen molar-refractivity contribution in [1.82, 2.24) is 10.2 Å². The molecule has 2 unspecified atom stereocenters. The zero-order valence-electron chi connectivity index (χ0n) is 18.3. The maximum Gasteiger partial charge on any atom is 0.418 e. The molecule has 1 fully saturated rings. The van der Waals surface area contributed by atoms with E-state index in [-0.39, 0.29) is 30.1 Å². The molecule has 2 aromatic rings. The summed E-state index contributed by atoms with van der Waals surface area (Å²) in [5.41, 5.74) is 1.82. The van der Waals surface area contributed by atoms with Gasteiger partial charge in [0.25, 0.3) is 0 Å². The van der Waals surface area contributed by atoms with Crippen LogP contribution in [0.5, 0.6) is 0 Å². The van der Waals surface area contributed by atoms with Crippen LogP contribution in [0.15, 0.2) is 52.3 Å². The molecule has 0 bridgehead atoms. The van der Waals surface area contributed by atoms with Crippen molar-refractivity contribution in [2.24, 2.45) is 0 Å². The molecule has 0 saturated carbocycles. The van der Waals surface area contributed by atoms with E-state index in [1.165, 1.54) is 24.3 Å². The number of anilines is 1. The predicted octanol–water partition coefficient (Wildman–Crippen LogP) is 4.54. The topological polar surface area (TPSA) is 78.6 Å². The molecule has 5 nitrogen and oxygen atoms in total. The highest BCUT2D eigenvalue weighted by Gasteiger charge is 2.49. The van der Waals surface area contributed by atoms with Crippen LogP contribution in [-0.2, 0) is 17.1 Å². The van der Waals surface area contributed by atoms with E-state index in [1.807, 2.05) is 0 Å². The van der Waals surface area contributed by atoms with Crippen molar-refractivity contribution in [1.29, 1.82) is 0 Å². The fourth-order valence-electron chi connectivity index (χ4n) is 4.29. The van der Waals surface area contributed by atoms with Gasteiger partial charge in [-0.05, 0) is 36.2 Å². The van der Waals surface area contributed by atoms with Crippen molar-refractivity contribution in [3.05, 3.63) is 59.2 Å². The van der Waals surface area contributed by atoms with Crippen LogP contribution in [0.2, 0.25) is 0 Å². The van der Waals surface area contributed by atoms with E-state index in [1.54, 1.807) is 10.8 Å². The number of nitrogen functional groups attached to an aromatic ring is 1. The molecule has 0 radical (unpaired) electrons. The van der Waals surface area contributed by atoms with Crippen molar-refractivity contribution in [2.75, 3.05) is 32.0 Å². The van der Waals surface area contributed by atoms with Gasteiger partial charge in [-0.25, -0.2) is 4.79 Å². The molecule has 0 aliphatic carbocycles. The van der Waals surface area contributed by atoms with Crippen LogP contribution in [0.3, 0.4) is 0 Å². The smallest absolute Gasteiger partial charge is 0.399 e. The molecule has 2 atom stereocenters. The maximum absolute atomic E-state index is 14.3. The first kappa shape index (κ1) is 27.1. The first-order valence-electron chi connectivity index (χ1n) is 10.6. The first-order chi connectivity index (χ1) is 16.5. The molecule has 0 amide bonds. The van der Waals surface area contributed by atoms with Crippen LogP contribution in [0, 0.1) is 0 Å². The molecular formula is C23H23F6N3O2S. The Balaban J connectivity index is 2.20. The summed E-state index contributed by atoms with van der Waals surface area (Å²) in [6, 6.07) is 5.98. The summed E-state index contributed by atoms with van der Waals surface area (Å²) < 4.78 is 85.5. The number of aliphatic hydroxyl groups is 1. The van der Waals surface area contributed by atoms with Crippen LogP contribution in [0.4, 0.5) is 32.0 Å². The SMILES string of the molecule is Nc1cccc(Sc2ccc(C3NCCN(CC=C=O)C3CCO)c(C(F)(F)F)c2C(F)(F)F)c1. The van der Waals surface area contributed by atoms with E-state index in [0.29, 0.717) is 18.3 Å². The quantitative estimate of drug-likeness (QED) is 0.283. The number of carbonyl (C=O) groups excluding carboxylic acids is 1.